The van der Waals surface area contributed by atoms with Crippen molar-refractivity contribution in [3.8, 4) is 0 Å². The standard InChI is InChI=1S/C35H53N5O5S/c1-21(2)27(20-22(3)31(41)39-46(44,45)28-19-18-26(36)23(4)24(28)5)40(12)33(43)30(34(6,7)8)38-32(42)29(37-11)35(9,10)25-16-14-13-15-17-25/h13-21,27,29-30,37H,36H2,1-12H3,(H,38,42)(H,39,41)/t27?,29-,30-/m1/s1. The number of nitrogens with zero attached hydrogens (tertiary/aromatic N) is 1. The average Bonchev–Trinajstić information content (AvgIpc) is 2.96. The second-order valence-electron chi connectivity index (χ2n) is 14.0. The third kappa shape index (κ3) is 8.76. The minimum Gasteiger partial charge on any atom is -0.399 e. The van der Waals surface area contributed by atoms with Gasteiger partial charge < -0.3 is 21.3 Å². The molecule has 0 bridgehead atoms. The lowest BCUT2D eigenvalue weighted by Gasteiger charge is -2.40. The number of amides is 3. The molecule has 0 fully saturated rings. The Labute approximate surface area is 275 Å². The lowest BCUT2D eigenvalue weighted by atomic mass is 9.76. The number of benzene rings is 2. The lowest BCUT2D eigenvalue weighted by Crippen LogP contribution is -2.61. The monoisotopic (exact) mass is 655 g/mol. The topological polar surface area (TPSA) is 151 Å². The van der Waals surface area contributed by atoms with Gasteiger partial charge in [0.05, 0.1) is 17.0 Å². The van der Waals surface area contributed by atoms with Gasteiger partial charge in [0.15, 0.2) is 0 Å². The Hall–Kier alpha value is -3.70. The molecule has 5 N–H and O–H groups in total. The summed E-state index contributed by atoms with van der Waals surface area (Å²) < 4.78 is 28.4. The zero-order valence-corrected chi connectivity index (χ0v) is 30.2. The van der Waals surface area contributed by atoms with Gasteiger partial charge in [-0.1, -0.05) is 84.9 Å². The Morgan fingerprint density at radius 2 is 1.48 bits per heavy atom. The molecule has 254 valence electrons. The zero-order chi connectivity index (χ0) is 35.4. The van der Waals surface area contributed by atoms with E-state index >= 15 is 0 Å². The highest BCUT2D eigenvalue weighted by atomic mass is 32.2. The number of hydrogen-bond acceptors (Lipinski definition) is 7. The molecule has 0 aliphatic rings. The molecule has 0 radical (unpaired) electrons. The van der Waals surface area contributed by atoms with Crippen LogP contribution in [0.25, 0.3) is 0 Å². The van der Waals surface area contributed by atoms with E-state index in [1.54, 1.807) is 34.0 Å². The van der Waals surface area contributed by atoms with Gasteiger partial charge in [-0.25, -0.2) is 13.1 Å². The van der Waals surface area contributed by atoms with Crippen LogP contribution in [0.2, 0.25) is 0 Å². The summed E-state index contributed by atoms with van der Waals surface area (Å²) in [7, 11) is -0.840. The van der Waals surface area contributed by atoms with Gasteiger partial charge in [-0.05, 0) is 68.0 Å². The van der Waals surface area contributed by atoms with Crippen molar-refractivity contribution < 1.29 is 22.8 Å². The van der Waals surface area contributed by atoms with E-state index in [0.717, 1.165) is 5.56 Å². The van der Waals surface area contributed by atoms with Gasteiger partial charge >= 0.3 is 0 Å². The van der Waals surface area contributed by atoms with Crippen molar-refractivity contribution in [1.82, 2.24) is 20.3 Å². The minimum absolute atomic E-state index is 0.0351. The summed E-state index contributed by atoms with van der Waals surface area (Å²) in [5, 5.41) is 6.16. The number of anilines is 1. The second kappa shape index (κ2) is 14.8. The number of hydrogen-bond donors (Lipinski definition) is 4. The zero-order valence-electron chi connectivity index (χ0n) is 29.4. The molecule has 11 heteroatoms. The molecule has 0 spiro atoms. The smallest absolute Gasteiger partial charge is 0.264 e. The van der Waals surface area contributed by atoms with Crippen molar-refractivity contribution in [2.75, 3.05) is 19.8 Å². The molecule has 2 aromatic carbocycles. The predicted octanol–water partition coefficient (Wildman–Crippen LogP) is 4.22. The highest BCUT2D eigenvalue weighted by molar-refractivity contribution is 7.90. The molecule has 0 aliphatic carbocycles. The third-order valence-corrected chi connectivity index (χ3v) is 10.2. The second-order valence-corrected chi connectivity index (χ2v) is 15.6. The van der Waals surface area contributed by atoms with E-state index in [1.165, 1.54) is 24.0 Å². The maximum atomic E-state index is 14.1. The molecule has 1 unspecified atom stereocenters. The number of nitrogen functional groups attached to an aromatic ring is 1. The first-order valence-corrected chi connectivity index (χ1v) is 17.0. The molecule has 0 saturated heterocycles. The van der Waals surface area contributed by atoms with E-state index in [4.69, 9.17) is 5.73 Å². The van der Waals surface area contributed by atoms with Gasteiger partial charge in [-0.3, -0.25) is 14.4 Å². The fourth-order valence-corrected chi connectivity index (χ4v) is 6.85. The Kier molecular flexibility index (Phi) is 12.4. The summed E-state index contributed by atoms with van der Waals surface area (Å²) in [6.45, 7) is 18.3. The van der Waals surface area contributed by atoms with Crippen LogP contribution in [0.3, 0.4) is 0 Å². The molecule has 2 rings (SSSR count). The van der Waals surface area contributed by atoms with E-state index in [-0.39, 0.29) is 28.2 Å². The highest BCUT2D eigenvalue weighted by Crippen LogP contribution is 2.29. The summed E-state index contributed by atoms with van der Waals surface area (Å²) >= 11 is 0. The van der Waals surface area contributed by atoms with Crippen LogP contribution in [0.1, 0.15) is 72.1 Å². The van der Waals surface area contributed by atoms with E-state index < -0.39 is 44.9 Å². The maximum absolute atomic E-state index is 14.1. The minimum atomic E-state index is -4.19. The van der Waals surface area contributed by atoms with Gasteiger partial charge in [0.25, 0.3) is 15.9 Å². The Balaban J connectivity index is 2.36. The van der Waals surface area contributed by atoms with Crippen molar-refractivity contribution in [2.24, 2.45) is 11.3 Å². The van der Waals surface area contributed by atoms with Crippen molar-refractivity contribution in [1.29, 1.82) is 0 Å². The predicted molar refractivity (Wildman–Crippen MR) is 185 cm³/mol. The van der Waals surface area contributed by atoms with Gasteiger partial charge in [0.1, 0.15) is 6.04 Å². The maximum Gasteiger partial charge on any atom is 0.264 e. The Morgan fingerprint density at radius 1 is 0.913 bits per heavy atom. The molecule has 0 aliphatic heterocycles. The largest absolute Gasteiger partial charge is 0.399 e. The van der Waals surface area contributed by atoms with Crippen LogP contribution < -0.4 is 21.1 Å². The van der Waals surface area contributed by atoms with Gasteiger partial charge in [0, 0.05) is 23.7 Å². The first kappa shape index (κ1) is 38.5. The molecular weight excluding hydrogens is 602 g/mol. The summed E-state index contributed by atoms with van der Waals surface area (Å²) in [4.78, 5) is 42.5. The quantitative estimate of drug-likeness (QED) is 0.198. The first-order valence-electron chi connectivity index (χ1n) is 15.5. The highest BCUT2D eigenvalue weighted by Gasteiger charge is 2.41. The number of rotatable bonds is 12. The van der Waals surface area contributed by atoms with Crippen LogP contribution in [-0.2, 0) is 29.8 Å². The van der Waals surface area contributed by atoms with Crippen molar-refractivity contribution >= 4 is 33.4 Å². The molecule has 0 aromatic heterocycles. The van der Waals surface area contributed by atoms with Crippen LogP contribution in [-0.4, -0.2) is 63.3 Å². The molecule has 3 atom stereocenters. The summed E-state index contributed by atoms with van der Waals surface area (Å²) in [5.74, 6) is -1.60. The van der Waals surface area contributed by atoms with Crippen LogP contribution in [0.5, 0.6) is 0 Å². The van der Waals surface area contributed by atoms with Crippen LogP contribution in [0.15, 0.2) is 59.0 Å². The molecular formula is C35H53N5O5S. The van der Waals surface area contributed by atoms with E-state index in [2.05, 4.69) is 15.4 Å². The number of nitrogens with two attached hydrogens (primary N) is 1. The Morgan fingerprint density at radius 3 is 1.98 bits per heavy atom. The van der Waals surface area contributed by atoms with Crippen molar-refractivity contribution in [3.05, 3.63) is 70.8 Å². The third-order valence-electron chi connectivity index (χ3n) is 8.74. The average molecular weight is 656 g/mol. The summed E-state index contributed by atoms with van der Waals surface area (Å²) in [6.07, 6.45) is 1.59. The van der Waals surface area contributed by atoms with Crippen molar-refractivity contribution in [2.45, 2.75) is 97.7 Å². The normalized spacial score (nSPS) is 14.8. The summed E-state index contributed by atoms with van der Waals surface area (Å²) in [5.41, 5.74) is 7.29. The molecule has 3 amide bonds. The fraction of sp³-hybridized carbons (Fsp3) is 0.514. The SMILES string of the molecule is CN[C@H](C(=O)N[C@H](C(=O)N(C)C(C=C(C)C(=O)NS(=O)(=O)c1ccc(N)c(C)c1C)C(C)C)C(C)(C)C)C(C)(C)c1ccccc1. The van der Waals surface area contributed by atoms with Gasteiger partial charge in [0.2, 0.25) is 11.8 Å². The lowest BCUT2D eigenvalue weighted by molar-refractivity contribution is -0.140. The van der Waals surface area contributed by atoms with Crippen molar-refractivity contribution in [3.63, 3.8) is 0 Å². The van der Waals surface area contributed by atoms with Gasteiger partial charge in [-0.15, -0.1) is 0 Å². The molecule has 10 nitrogen and oxygen atoms in total. The number of carbonyl (C=O) groups excluding carboxylic acids is 3. The Bertz CT molecular complexity index is 1560. The summed E-state index contributed by atoms with van der Waals surface area (Å²) in [6, 6.07) is 10.5. The fourth-order valence-electron chi connectivity index (χ4n) is 5.53. The molecule has 0 saturated carbocycles. The van der Waals surface area contributed by atoms with E-state index in [1.807, 2.05) is 78.8 Å². The van der Waals surface area contributed by atoms with E-state index in [0.29, 0.717) is 16.8 Å². The van der Waals surface area contributed by atoms with Crippen LogP contribution >= 0.6 is 0 Å². The first-order chi connectivity index (χ1) is 21.1. The van der Waals surface area contributed by atoms with Crippen LogP contribution in [0.4, 0.5) is 5.69 Å². The van der Waals surface area contributed by atoms with Crippen LogP contribution in [0, 0.1) is 25.2 Å². The number of likely N-dealkylation sites (N-methyl/N-ethyl adjacent to an activating group) is 2. The molecule has 0 heterocycles. The molecule has 46 heavy (non-hydrogen) atoms. The number of carbonyl (C=O) groups is 3. The molecule has 2 aromatic rings. The number of nitrogens with one attached hydrogen (secondary N) is 3. The van der Waals surface area contributed by atoms with E-state index in [9.17, 15) is 22.8 Å². The van der Waals surface area contributed by atoms with Gasteiger partial charge in [-0.2, -0.15) is 0 Å². The number of sulfonamides is 1.